The van der Waals surface area contributed by atoms with Crippen LogP contribution in [0.4, 0.5) is 11.4 Å². The van der Waals surface area contributed by atoms with Crippen molar-refractivity contribution in [2.75, 3.05) is 18.9 Å². The van der Waals surface area contributed by atoms with E-state index in [9.17, 15) is 18.5 Å². The largest absolute Gasteiger partial charge is 0.497 e. The molecule has 0 radical (unpaired) electrons. The SMILES string of the molecule is COc1ccc(S(=O)(=O)Nc2cc(C)ccc2OC)c([N+](=O)[O-])c1. The zero-order valence-corrected chi connectivity index (χ0v) is 14.1. The number of nitrogens with zero attached hydrogens (tertiary/aromatic N) is 1. The smallest absolute Gasteiger partial charge is 0.293 e. The molecule has 0 bridgehead atoms. The van der Waals surface area contributed by atoms with E-state index in [0.29, 0.717) is 5.75 Å². The second-order valence-electron chi connectivity index (χ2n) is 4.90. The summed E-state index contributed by atoms with van der Waals surface area (Å²) in [5.74, 6) is 0.495. The summed E-state index contributed by atoms with van der Waals surface area (Å²) in [7, 11) is -1.45. The van der Waals surface area contributed by atoms with Gasteiger partial charge in [-0.15, -0.1) is 0 Å². The van der Waals surface area contributed by atoms with Gasteiger partial charge in [0.2, 0.25) is 0 Å². The van der Waals surface area contributed by atoms with Crippen LogP contribution in [0.1, 0.15) is 5.56 Å². The van der Waals surface area contributed by atoms with Gasteiger partial charge >= 0.3 is 0 Å². The van der Waals surface area contributed by atoms with Gasteiger partial charge in [-0.05, 0) is 36.8 Å². The van der Waals surface area contributed by atoms with Crippen LogP contribution in [0.2, 0.25) is 0 Å². The molecule has 0 fully saturated rings. The molecule has 0 aliphatic carbocycles. The van der Waals surface area contributed by atoms with E-state index in [-0.39, 0.29) is 11.4 Å². The Hall–Kier alpha value is -2.81. The molecule has 2 aromatic rings. The molecule has 0 aliphatic heterocycles. The second kappa shape index (κ2) is 6.75. The van der Waals surface area contributed by atoms with Gasteiger partial charge in [-0.2, -0.15) is 0 Å². The number of aryl methyl sites for hydroxylation is 1. The fourth-order valence-corrected chi connectivity index (χ4v) is 3.31. The zero-order valence-electron chi connectivity index (χ0n) is 13.3. The molecule has 9 heteroatoms. The van der Waals surface area contributed by atoms with Crippen LogP contribution in [0.5, 0.6) is 11.5 Å². The number of methoxy groups -OCH3 is 2. The van der Waals surface area contributed by atoms with Crippen molar-refractivity contribution in [2.45, 2.75) is 11.8 Å². The minimum atomic E-state index is -4.19. The summed E-state index contributed by atoms with van der Waals surface area (Å²) in [6.45, 7) is 1.78. The Labute approximate surface area is 139 Å². The molecule has 0 aliphatic rings. The van der Waals surface area contributed by atoms with Crippen LogP contribution in [0.25, 0.3) is 0 Å². The van der Waals surface area contributed by atoms with Gasteiger partial charge < -0.3 is 9.47 Å². The van der Waals surface area contributed by atoms with Crippen molar-refractivity contribution >= 4 is 21.4 Å². The number of benzene rings is 2. The van der Waals surface area contributed by atoms with E-state index in [1.807, 2.05) is 0 Å². The average molecular weight is 352 g/mol. The van der Waals surface area contributed by atoms with Crippen LogP contribution in [-0.2, 0) is 10.0 Å². The maximum absolute atomic E-state index is 12.6. The number of sulfonamides is 1. The van der Waals surface area contributed by atoms with Crippen molar-refractivity contribution < 1.29 is 22.8 Å². The van der Waals surface area contributed by atoms with Crippen LogP contribution in [0.15, 0.2) is 41.3 Å². The van der Waals surface area contributed by atoms with Gasteiger partial charge in [-0.1, -0.05) is 6.07 Å². The molecule has 0 aromatic heterocycles. The first-order chi connectivity index (χ1) is 11.3. The topological polar surface area (TPSA) is 108 Å². The van der Waals surface area contributed by atoms with Gasteiger partial charge in [0, 0.05) is 0 Å². The first kappa shape index (κ1) is 17.5. The second-order valence-corrected chi connectivity index (χ2v) is 6.55. The predicted molar refractivity (Wildman–Crippen MR) is 88.2 cm³/mol. The van der Waals surface area contributed by atoms with E-state index in [0.717, 1.165) is 17.7 Å². The summed E-state index contributed by atoms with van der Waals surface area (Å²) < 4.78 is 37.5. The molecule has 0 heterocycles. The molecule has 0 saturated carbocycles. The monoisotopic (exact) mass is 352 g/mol. The van der Waals surface area contributed by atoms with Crippen molar-refractivity contribution in [1.29, 1.82) is 0 Å². The van der Waals surface area contributed by atoms with Crippen LogP contribution in [0.3, 0.4) is 0 Å². The number of nitro groups is 1. The molecule has 0 unspecified atom stereocenters. The molecule has 2 aromatic carbocycles. The summed E-state index contributed by atoms with van der Waals surface area (Å²) >= 11 is 0. The number of hydrogen-bond donors (Lipinski definition) is 1. The lowest BCUT2D eigenvalue weighted by Crippen LogP contribution is -2.15. The van der Waals surface area contributed by atoms with Gasteiger partial charge in [0.1, 0.15) is 11.5 Å². The predicted octanol–water partition coefficient (Wildman–Crippen LogP) is 2.72. The van der Waals surface area contributed by atoms with Crippen LogP contribution in [-0.4, -0.2) is 27.6 Å². The van der Waals surface area contributed by atoms with Gasteiger partial charge in [0.05, 0.1) is 30.9 Å². The standard InChI is InChI=1S/C15H16N2O6S/c1-10-4-6-14(23-3)12(8-10)16-24(20,21)15-7-5-11(22-2)9-13(15)17(18)19/h4-9,16H,1-3H3. The Morgan fingerprint density at radius 3 is 2.38 bits per heavy atom. The highest BCUT2D eigenvalue weighted by Gasteiger charge is 2.27. The first-order valence-corrected chi connectivity index (χ1v) is 8.26. The number of anilines is 1. The summed E-state index contributed by atoms with van der Waals surface area (Å²) in [6.07, 6.45) is 0. The van der Waals surface area contributed by atoms with E-state index in [2.05, 4.69) is 4.72 Å². The molecule has 0 amide bonds. The van der Waals surface area contributed by atoms with Gasteiger partial charge in [0.25, 0.3) is 15.7 Å². The Morgan fingerprint density at radius 2 is 1.79 bits per heavy atom. The lowest BCUT2D eigenvalue weighted by Gasteiger charge is -2.13. The fraction of sp³-hybridized carbons (Fsp3) is 0.200. The molecule has 0 saturated heterocycles. The summed E-state index contributed by atoms with van der Waals surface area (Å²) in [5, 5.41) is 11.2. The summed E-state index contributed by atoms with van der Waals surface area (Å²) in [5.41, 5.74) is 0.425. The number of rotatable bonds is 6. The van der Waals surface area contributed by atoms with Crippen LogP contribution < -0.4 is 14.2 Å². The van der Waals surface area contributed by atoms with Crippen LogP contribution in [0, 0.1) is 17.0 Å². The lowest BCUT2D eigenvalue weighted by molar-refractivity contribution is -0.387. The molecule has 0 atom stereocenters. The van der Waals surface area contributed by atoms with E-state index < -0.39 is 25.5 Å². The Balaban J connectivity index is 2.52. The molecule has 2 rings (SSSR count). The molecule has 8 nitrogen and oxygen atoms in total. The van der Waals surface area contributed by atoms with E-state index in [1.54, 1.807) is 25.1 Å². The Morgan fingerprint density at radius 1 is 1.08 bits per heavy atom. The Kier molecular flexibility index (Phi) is 4.93. The quantitative estimate of drug-likeness (QED) is 0.632. The van der Waals surface area contributed by atoms with Crippen molar-refractivity contribution in [2.24, 2.45) is 0 Å². The molecular weight excluding hydrogens is 336 g/mol. The van der Waals surface area contributed by atoms with Crippen molar-refractivity contribution in [3.05, 3.63) is 52.1 Å². The normalized spacial score (nSPS) is 11.0. The van der Waals surface area contributed by atoms with Gasteiger partial charge in [-0.25, -0.2) is 8.42 Å². The molecule has 24 heavy (non-hydrogen) atoms. The average Bonchev–Trinajstić information content (AvgIpc) is 2.54. The highest BCUT2D eigenvalue weighted by atomic mass is 32.2. The summed E-state index contributed by atoms with van der Waals surface area (Å²) in [4.78, 5) is 9.96. The number of ether oxygens (including phenoxy) is 2. The molecule has 0 spiro atoms. The fourth-order valence-electron chi connectivity index (χ4n) is 2.10. The number of nitrogens with one attached hydrogen (secondary N) is 1. The van der Waals surface area contributed by atoms with E-state index in [1.165, 1.54) is 20.3 Å². The molecule has 128 valence electrons. The third kappa shape index (κ3) is 3.57. The first-order valence-electron chi connectivity index (χ1n) is 6.78. The van der Waals surface area contributed by atoms with E-state index in [4.69, 9.17) is 9.47 Å². The van der Waals surface area contributed by atoms with E-state index >= 15 is 0 Å². The van der Waals surface area contributed by atoms with Crippen LogP contribution >= 0.6 is 0 Å². The number of hydrogen-bond acceptors (Lipinski definition) is 6. The Bertz CT molecular complexity index is 880. The maximum atomic E-state index is 12.6. The highest BCUT2D eigenvalue weighted by molar-refractivity contribution is 7.92. The van der Waals surface area contributed by atoms with Gasteiger partial charge in [0.15, 0.2) is 4.90 Å². The van der Waals surface area contributed by atoms with Crippen molar-refractivity contribution in [3.63, 3.8) is 0 Å². The van der Waals surface area contributed by atoms with Crippen molar-refractivity contribution in [1.82, 2.24) is 0 Å². The highest BCUT2D eigenvalue weighted by Crippen LogP contribution is 2.32. The third-order valence-electron chi connectivity index (χ3n) is 3.25. The molecule has 1 N–H and O–H groups in total. The molecular formula is C15H16N2O6S. The van der Waals surface area contributed by atoms with Crippen molar-refractivity contribution in [3.8, 4) is 11.5 Å². The number of nitro benzene ring substituents is 1. The minimum absolute atomic E-state index is 0.189. The maximum Gasteiger partial charge on any atom is 0.293 e. The minimum Gasteiger partial charge on any atom is -0.497 e. The van der Waals surface area contributed by atoms with Gasteiger partial charge in [-0.3, -0.25) is 14.8 Å². The third-order valence-corrected chi connectivity index (χ3v) is 4.66. The zero-order chi connectivity index (χ0) is 17.9. The summed E-state index contributed by atoms with van der Waals surface area (Å²) in [6, 6.07) is 8.46. The lowest BCUT2D eigenvalue weighted by atomic mass is 10.2.